The van der Waals surface area contributed by atoms with Crippen molar-refractivity contribution < 1.29 is 14.8 Å². The summed E-state index contributed by atoms with van der Waals surface area (Å²) in [6.07, 6.45) is 1.03. The monoisotopic (exact) mass is 226 g/mol. The van der Waals surface area contributed by atoms with Crippen molar-refractivity contribution in [1.82, 2.24) is 4.98 Å². The minimum absolute atomic E-state index is 0.167. The van der Waals surface area contributed by atoms with Crippen LogP contribution in [0.25, 0.3) is 0 Å². The molecule has 1 aromatic rings. The lowest BCUT2D eigenvalue weighted by Gasteiger charge is -2.09. The van der Waals surface area contributed by atoms with Gasteiger partial charge in [0, 0.05) is 6.20 Å². The van der Waals surface area contributed by atoms with Crippen molar-refractivity contribution >= 4 is 17.3 Å². The van der Waals surface area contributed by atoms with Crippen LogP contribution in [0.2, 0.25) is 0 Å². The Morgan fingerprint density at radius 3 is 3.00 bits per heavy atom. The van der Waals surface area contributed by atoms with Crippen LogP contribution >= 0.6 is 0 Å². The first-order chi connectivity index (χ1) is 7.52. The predicted octanol–water partition coefficient (Wildman–Crippen LogP) is -0.752. The number of nitro groups is 1. The number of amides is 1. The molecule has 0 spiro atoms. The van der Waals surface area contributed by atoms with Gasteiger partial charge < -0.3 is 16.2 Å². The molecule has 0 saturated carbocycles. The highest BCUT2D eigenvalue weighted by molar-refractivity contribution is 5.79. The van der Waals surface area contributed by atoms with Gasteiger partial charge in [-0.05, 0) is 6.07 Å². The van der Waals surface area contributed by atoms with E-state index in [0.717, 1.165) is 6.20 Å². The SMILES string of the molecule is NC(=O)C(O)CNc1ccncc1[N+](=O)[O-]. The Morgan fingerprint density at radius 2 is 2.44 bits per heavy atom. The zero-order valence-corrected chi connectivity index (χ0v) is 8.16. The lowest BCUT2D eigenvalue weighted by atomic mass is 10.3. The molecule has 8 nitrogen and oxygen atoms in total. The van der Waals surface area contributed by atoms with Crippen LogP contribution in [-0.4, -0.2) is 33.6 Å². The number of nitrogens with two attached hydrogens (primary N) is 1. The van der Waals surface area contributed by atoms with Gasteiger partial charge in [-0.25, -0.2) is 0 Å². The van der Waals surface area contributed by atoms with Gasteiger partial charge in [-0.3, -0.25) is 19.9 Å². The van der Waals surface area contributed by atoms with Crippen LogP contribution < -0.4 is 11.1 Å². The van der Waals surface area contributed by atoms with Gasteiger partial charge in [-0.1, -0.05) is 0 Å². The molecular weight excluding hydrogens is 216 g/mol. The van der Waals surface area contributed by atoms with Crippen LogP contribution in [0.1, 0.15) is 0 Å². The van der Waals surface area contributed by atoms with Crippen molar-refractivity contribution in [1.29, 1.82) is 0 Å². The van der Waals surface area contributed by atoms with Crippen molar-refractivity contribution in [2.75, 3.05) is 11.9 Å². The molecule has 0 aromatic carbocycles. The summed E-state index contributed by atoms with van der Waals surface area (Å²) < 4.78 is 0. The maximum Gasteiger partial charge on any atom is 0.310 e. The smallest absolute Gasteiger partial charge is 0.310 e. The van der Waals surface area contributed by atoms with Gasteiger partial charge in [0.05, 0.1) is 11.5 Å². The summed E-state index contributed by atoms with van der Waals surface area (Å²) in [4.78, 5) is 24.1. The number of hydrogen-bond acceptors (Lipinski definition) is 6. The molecule has 0 bridgehead atoms. The summed E-state index contributed by atoms with van der Waals surface area (Å²) in [5.41, 5.74) is 4.75. The zero-order valence-electron chi connectivity index (χ0n) is 8.16. The highest BCUT2D eigenvalue weighted by Crippen LogP contribution is 2.21. The van der Waals surface area contributed by atoms with Crippen molar-refractivity contribution in [2.24, 2.45) is 5.73 Å². The van der Waals surface area contributed by atoms with Crippen molar-refractivity contribution in [2.45, 2.75) is 6.10 Å². The molecule has 0 aliphatic rings. The van der Waals surface area contributed by atoms with E-state index in [4.69, 9.17) is 10.8 Å². The molecule has 0 aliphatic carbocycles. The first-order valence-electron chi connectivity index (χ1n) is 4.32. The standard InChI is InChI=1S/C8H10N4O4/c9-8(14)7(13)4-11-5-1-2-10-3-6(5)12(15)16/h1-3,7,13H,4H2,(H2,9,14)(H,10,11). The molecule has 1 atom stereocenters. The third-order valence-electron chi connectivity index (χ3n) is 1.81. The predicted molar refractivity (Wildman–Crippen MR) is 54.6 cm³/mol. The van der Waals surface area contributed by atoms with Gasteiger partial charge in [0.1, 0.15) is 18.0 Å². The van der Waals surface area contributed by atoms with Crippen molar-refractivity contribution in [3.63, 3.8) is 0 Å². The van der Waals surface area contributed by atoms with Crippen LogP contribution in [0.3, 0.4) is 0 Å². The van der Waals surface area contributed by atoms with Gasteiger partial charge in [0.2, 0.25) is 5.91 Å². The lowest BCUT2D eigenvalue weighted by molar-refractivity contribution is -0.384. The number of nitrogens with zero attached hydrogens (tertiary/aromatic N) is 2. The average Bonchev–Trinajstić information content (AvgIpc) is 2.25. The maximum absolute atomic E-state index is 10.6. The number of pyridine rings is 1. The number of primary amides is 1. The van der Waals surface area contributed by atoms with Crippen LogP contribution in [0.15, 0.2) is 18.5 Å². The molecule has 1 amide bonds. The van der Waals surface area contributed by atoms with Crippen molar-refractivity contribution in [3.8, 4) is 0 Å². The van der Waals surface area contributed by atoms with Gasteiger partial charge in [0.15, 0.2) is 0 Å². The largest absolute Gasteiger partial charge is 0.381 e. The fraction of sp³-hybridized carbons (Fsp3) is 0.250. The minimum Gasteiger partial charge on any atom is -0.381 e. The van der Waals surface area contributed by atoms with Gasteiger partial charge in [-0.2, -0.15) is 0 Å². The van der Waals surface area contributed by atoms with E-state index in [9.17, 15) is 14.9 Å². The van der Waals surface area contributed by atoms with Crippen molar-refractivity contribution in [3.05, 3.63) is 28.6 Å². The summed E-state index contributed by atoms with van der Waals surface area (Å²) in [6, 6.07) is 1.37. The third-order valence-corrected chi connectivity index (χ3v) is 1.81. The lowest BCUT2D eigenvalue weighted by Crippen LogP contribution is -2.34. The Morgan fingerprint density at radius 1 is 1.75 bits per heavy atom. The number of carbonyl (C=O) groups excluding carboxylic acids is 1. The number of rotatable bonds is 5. The van der Waals surface area contributed by atoms with Crippen LogP contribution in [-0.2, 0) is 4.79 Å². The second-order valence-corrected chi connectivity index (χ2v) is 2.95. The average molecular weight is 226 g/mol. The number of aliphatic hydroxyl groups is 1. The second kappa shape index (κ2) is 5.03. The highest BCUT2D eigenvalue weighted by Gasteiger charge is 2.15. The zero-order chi connectivity index (χ0) is 12.1. The molecule has 4 N–H and O–H groups in total. The second-order valence-electron chi connectivity index (χ2n) is 2.95. The van der Waals surface area contributed by atoms with Crippen LogP contribution in [0, 0.1) is 10.1 Å². The first kappa shape index (κ1) is 11.9. The van der Waals surface area contributed by atoms with Crippen LogP contribution in [0.5, 0.6) is 0 Å². The minimum atomic E-state index is -1.40. The Hall–Kier alpha value is -2.22. The Labute approximate surface area is 90.2 Å². The summed E-state index contributed by atoms with van der Waals surface area (Å²) in [5, 5.41) is 22.2. The Kier molecular flexibility index (Phi) is 3.72. The Bertz CT molecular complexity index is 409. The number of carbonyl (C=O) groups is 1. The molecule has 0 radical (unpaired) electrons. The summed E-state index contributed by atoms with van der Waals surface area (Å²) in [6.45, 7) is -0.194. The van der Waals surface area contributed by atoms with E-state index in [1.807, 2.05) is 0 Å². The fourth-order valence-electron chi connectivity index (χ4n) is 0.988. The summed E-state index contributed by atoms with van der Waals surface area (Å²) >= 11 is 0. The Balaban J connectivity index is 2.74. The molecule has 8 heteroatoms. The van der Waals surface area contributed by atoms with E-state index in [1.54, 1.807) is 0 Å². The molecule has 0 aliphatic heterocycles. The highest BCUT2D eigenvalue weighted by atomic mass is 16.6. The topological polar surface area (TPSA) is 131 Å². The van der Waals surface area contributed by atoms with E-state index in [-0.39, 0.29) is 17.9 Å². The van der Waals surface area contributed by atoms with E-state index < -0.39 is 16.9 Å². The molecule has 1 rings (SSSR count). The number of hydrogen-bond donors (Lipinski definition) is 3. The molecule has 1 heterocycles. The van der Waals surface area contributed by atoms with Gasteiger partial charge in [0.25, 0.3) is 0 Å². The molecular formula is C8H10N4O4. The van der Waals surface area contributed by atoms with E-state index >= 15 is 0 Å². The molecule has 16 heavy (non-hydrogen) atoms. The van der Waals surface area contributed by atoms with E-state index in [0.29, 0.717) is 0 Å². The molecule has 0 saturated heterocycles. The number of aromatic nitrogens is 1. The fourth-order valence-corrected chi connectivity index (χ4v) is 0.988. The number of aliphatic hydroxyl groups excluding tert-OH is 1. The van der Waals surface area contributed by atoms with Gasteiger partial charge >= 0.3 is 5.69 Å². The normalized spacial score (nSPS) is 11.8. The first-order valence-corrected chi connectivity index (χ1v) is 4.32. The molecule has 1 aromatic heterocycles. The third kappa shape index (κ3) is 2.89. The molecule has 1 unspecified atom stereocenters. The summed E-state index contributed by atoms with van der Waals surface area (Å²) in [5.74, 6) is -0.899. The molecule has 0 fully saturated rings. The van der Waals surface area contributed by atoms with Crippen LogP contribution in [0.4, 0.5) is 11.4 Å². The number of anilines is 1. The maximum atomic E-state index is 10.6. The van der Waals surface area contributed by atoms with E-state index in [1.165, 1.54) is 12.3 Å². The summed E-state index contributed by atoms with van der Waals surface area (Å²) in [7, 11) is 0. The number of nitrogens with one attached hydrogen (secondary N) is 1. The quantitative estimate of drug-likeness (QED) is 0.447. The molecule has 86 valence electrons. The van der Waals surface area contributed by atoms with E-state index in [2.05, 4.69) is 10.3 Å². The van der Waals surface area contributed by atoms with Gasteiger partial charge in [-0.15, -0.1) is 0 Å².